The zero-order valence-electron chi connectivity index (χ0n) is 13.3. The lowest BCUT2D eigenvalue weighted by Gasteiger charge is -2.18. The molecule has 1 aromatic heterocycles. The van der Waals surface area contributed by atoms with E-state index in [0.717, 1.165) is 5.56 Å². The molecule has 2 aromatic rings. The highest BCUT2D eigenvalue weighted by Crippen LogP contribution is 2.30. The van der Waals surface area contributed by atoms with Gasteiger partial charge >= 0.3 is 0 Å². The highest BCUT2D eigenvalue weighted by Gasteiger charge is 2.15. The molecule has 1 aliphatic rings. The zero-order valence-corrected chi connectivity index (χ0v) is 13.3. The summed E-state index contributed by atoms with van der Waals surface area (Å²) in [4.78, 5) is 27.7. The number of rotatable bonds is 5. The number of nitrogens with zero attached hydrogens (tertiary/aromatic N) is 2. The van der Waals surface area contributed by atoms with Gasteiger partial charge in [-0.05, 0) is 24.3 Å². The molecule has 0 saturated heterocycles. The molecule has 3 rings (SSSR count). The highest BCUT2D eigenvalue weighted by atomic mass is 16.6. The Balaban J connectivity index is 1.48. The maximum absolute atomic E-state index is 12.1. The number of fused-ring (bicyclic) bond motifs is 1. The van der Waals surface area contributed by atoms with Crippen LogP contribution in [0.5, 0.6) is 11.5 Å². The quantitative estimate of drug-likeness (QED) is 0.617. The molecule has 0 radical (unpaired) electrons. The van der Waals surface area contributed by atoms with Crippen LogP contribution in [-0.2, 0) is 4.79 Å². The van der Waals surface area contributed by atoms with Gasteiger partial charge in [0.25, 0.3) is 11.8 Å². The predicted molar refractivity (Wildman–Crippen MR) is 89.7 cm³/mol. The van der Waals surface area contributed by atoms with Crippen LogP contribution in [0.15, 0.2) is 47.8 Å². The van der Waals surface area contributed by atoms with E-state index in [1.54, 1.807) is 42.7 Å². The second-order valence-corrected chi connectivity index (χ2v) is 5.12. The van der Waals surface area contributed by atoms with Gasteiger partial charge in [-0.25, -0.2) is 5.43 Å². The van der Waals surface area contributed by atoms with Crippen LogP contribution in [0.1, 0.15) is 15.9 Å². The molecule has 8 nitrogen and oxygen atoms in total. The fourth-order valence-electron chi connectivity index (χ4n) is 2.12. The molecule has 1 aliphatic heterocycles. The van der Waals surface area contributed by atoms with Gasteiger partial charge in [0.1, 0.15) is 13.2 Å². The SMILES string of the molecule is O=C(CNC(=O)c1ccc2c(c1)OCCO2)N/N=C\c1cccnc1. The van der Waals surface area contributed by atoms with E-state index in [1.807, 2.05) is 0 Å². The standard InChI is InChI=1S/C17H16N4O4/c22-16(21-20-10-12-2-1-5-18-9-12)11-19-17(23)13-3-4-14-15(8-13)25-7-6-24-14/h1-5,8-10H,6-7,11H2,(H,19,23)(H,21,22)/b20-10-. The summed E-state index contributed by atoms with van der Waals surface area (Å²) >= 11 is 0. The second-order valence-electron chi connectivity index (χ2n) is 5.12. The van der Waals surface area contributed by atoms with Crippen molar-refractivity contribution in [3.05, 3.63) is 53.9 Å². The summed E-state index contributed by atoms with van der Waals surface area (Å²) < 4.78 is 10.8. The Bertz CT molecular complexity index is 792. The van der Waals surface area contributed by atoms with Crippen molar-refractivity contribution < 1.29 is 19.1 Å². The van der Waals surface area contributed by atoms with Crippen LogP contribution >= 0.6 is 0 Å². The summed E-state index contributed by atoms with van der Waals surface area (Å²) in [7, 11) is 0. The fraction of sp³-hybridized carbons (Fsp3) is 0.176. The maximum atomic E-state index is 12.1. The van der Waals surface area contributed by atoms with E-state index in [9.17, 15) is 9.59 Å². The Morgan fingerprint density at radius 1 is 1.20 bits per heavy atom. The topological polar surface area (TPSA) is 102 Å². The van der Waals surface area contributed by atoms with Gasteiger partial charge < -0.3 is 14.8 Å². The molecule has 128 valence electrons. The summed E-state index contributed by atoms with van der Waals surface area (Å²) in [6.07, 6.45) is 4.72. The third-order valence-corrected chi connectivity index (χ3v) is 3.30. The van der Waals surface area contributed by atoms with E-state index >= 15 is 0 Å². The molecular formula is C17H16N4O4. The summed E-state index contributed by atoms with van der Waals surface area (Å²) in [6.45, 7) is 0.728. The van der Waals surface area contributed by atoms with Gasteiger partial charge in [-0.3, -0.25) is 14.6 Å². The first-order chi connectivity index (χ1) is 12.2. The molecule has 0 bridgehead atoms. The summed E-state index contributed by atoms with van der Waals surface area (Å²) in [5.74, 6) is 0.295. The van der Waals surface area contributed by atoms with Gasteiger partial charge in [0.15, 0.2) is 11.5 Å². The number of hydrogen-bond acceptors (Lipinski definition) is 6. The van der Waals surface area contributed by atoms with Crippen LogP contribution in [0.3, 0.4) is 0 Å². The normalized spacial score (nSPS) is 12.6. The monoisotopic (exact) mass is 340 g/mol. The third kappa shape index (κ3) is 4.54. The molecule has 0 atom stereocenters. The summed E-state index contributed by atoms with van der Waals surface area (Å²) in [6, 6.07) is 8.42. The molecule has 0 fully saturated rings. The van der Waals surface area contributed by atoms with Gasteiger partial charge in [-0.2, -0.15) is 5.10 Å². The summed E-state index contributed by atoms with van der Waals surface area (Å²) in [5, 5.41) is 6.32. The fourth-order valence-corrected chi connectivity index (χ4v) is 2.12. The number of pyridine rings is 1. The van der Waals surface area contributed by atoms with E-state index < -0.39 is 5.91 Å². The van der Waals surface area contributed by atoms with Crippen LogP contribution < -0.4 is 20.2 Å². The molecule has 0 aliphatic carbocycles. The van der Waals surface area contributed by atoms with E-state index in [-0.39, 0.29) is 12.5 Å². The Kier molecular flexibility index (Phi) is 5.20. The van der Waals surface area contributed by atoms with Crippen LogP contribution in [-0.4, -0.2) is 42.8 Å². The Hall–Kier alpha value is -3.42. The van der Waals surface area contributed by atoms with Crippen molar-refractivity contribution in [1.82, 2.24) is 15.7 Å². The van der Waals surface area contributed by atoms with E-state index in [1.165, 1.54) is 6.21 Å². The molecule has 0 saturated carbocycles. The average molecular weight is 340 g/mol. The molecular weight excluding hydrogens is 324 g/mol. The van der Waals surface area contributed by atoms with Crippen molar-refractivity contribution in [1.29, 1.82) is 0 Å². The first kappa shape index (κ1) is 16.4. The van der Waals surface area contributed by atoms with Gasteiger partial charge in [-0.1, -0.05) is 6.07 Å². The molecule has 1 aromatic carbocycles. The zero-order chi connectivity index (χ0) is 17.5. The smallest absolute Gasteiger partial charge is 0.259 e. The van der Waals surface area contributed by atoms with Gasteiger partial charge in [-0.15, -0.1) is 0 Å². The molecule has 2 heterocycles. The van der Waals surface area contributed by atoms with Crippen molar-refractivity contribution >= 4 is 18.0 Å². The van der Waals surface area contributed by atoms with Crippen LogP contribution in [0.25, 0.3) is 0 Å². The van der Waals surface area contributed by atoms with E-state index in [4.69, 9.17) is 9.47 Å². The lowest BCUT2D eigenvalue weighted by atomic mass is 10.2. The van der Waals surface area contributed by atoms with E-state index in [0.29, 0.717) is 30.3 Å². The third-order valence-electron chi connectivity index (χ3n) is 3.30. The second kappa shape index (κ2) is 7.91. The number of carbonyl (C=O) groups is 2. The number of hydrazone groups is 1. The first-order valence-electron chi connectivity index (χ1n) is 7.62. The minimum absolute atomic E-state index is 0.197. The lowest BCUT2D eigenvalue weighted by molar-refractivity contribution is -0.120. The number of aromatic nitrogens is 1. The van der Waals surface area contributed by atoms with Crippen LogP contribution in [0, 0.1) is 0 Å². The van der Waals surface area contributed by atoms with Crippen LogP contribution in [0.2, 0.25) is 0 Å². The van der Waals surface area contributed by atoms with Gasteiger partial charge in [0, 0.05) is 23.5 Å². The van der Waals surface area contributed by atoms with Crippen molar-refractivity contribution in [2.75, 3.05) is 19.8 Å². The minimum atomic E-state index is -0.439. The molecule has 0 spiro atoms. The van der Waals surface area contributed by atoms with Crippen molar-refractivity contribution in [3.63, 3.8) is 0 Å². The molecule has 0 unspecified atom stereocenters. The van der Waals surface area contributed by atoms with E-state index in [2.05, 4.69) is 20.8 Å². The number of carbonyl (C=O) groups excluding carboxylic acids is 2. The Labute approximate surface area is 143 Å². The largest absolute Gasteiger partial charge is 0.486 e. The molecule has 2 amide bonds. The molecule has 25 heavy (non-hydrogen) atoms. The summed E-state index contributed by atoms with van der Waals surface area (Å²) in [5.41, 5.74) is 3.47. The van der Waals surface area contributed by atoms with Crippen molar-refractivity contribution in [3.8, 4) is 11.5 Å². The Morgan fingerprint density at radius 3 is 2.84 bits per heavy atom. The van der Waals surface area contributed by atoms with Gasteiger partial charge in [0.05, 0.1) is 12.8 Å². The van der Waals surface area contributed by atoms with Crippen LogP contribution in [0.4, 0.5) is 0 Å². The molecule has 8 heteroatoms. The van der Waals surface area contributed by atoms with Gasteiger partial charge in [0.2, 0.25) is 0 Å². The predicted octanol–water partition coefficient (Wildman–Crippen LogP) is 0.733. The lowest BCUT2D eigenvalue weighted by Crippen LogP contribution is -2.35. The average Bonchev–Trinajstić information content (AvgIpc) is 2.66. The number of hydrogen-bond donors (Lipinski definition) is 2. The minimum Gasteiger partial charge on any atom is -0.486 e. The number of ether oxygens (including phenoxy) is 2. The number of amides is 2. The highest BCUT2D eigenvalue weighted by molar-refractivity contribution is 5.97. The Morgan fingerprint density at radius 2 is 2.04 bits per heavy atom. The number of nitrogens with one attached hydrogen (secondary N) is 2. The molecule has 2 N–H and O–H groups in total. The number of benzene rings is 1. The van der Waals surface area contributed by atoms with Crippen molar-refractivity contribution in [2.45, 2.75) is 0 Å². The maximum Gasteiger partial charge on any atom is 0.259 e. The first-order valence-corrected chi connectivity index (χ1v) is 7.62. The van der Waals surface area contributed by atoms with Crippen molar-refractivity contribution in [2.24, 2.45) is 5.10 Å².